The molecule has 1 aliphatic rings. The monoisotopic (exact) mass is 427 g/mol. The first kappa shape index (κ1) is 22.9. The zero-order valence-corrected chi connectivity index (χ0v) is 18.6. The van der Waals surface area contributed by atoms with Crippen molar-refractivity contribution in [1.82, 2.24) is 0 Å². The number of quaternary nitrogens is 1. The van der Waals surface area contributed by atoms with Gasteiger partial charge in [0.15, 0.2) is 12.6 Å². The van der Waals surface area contributed by atoms with E-state index in [-0.39, 0.29) is 36.9 Å². The summed E-state index contributed by atoms with van der Waals surface area (Å²) in [4.78, 5) is 26.0. The topological polar surface area (TPSA) is 55.4 Å². The first-order valence-corrected chi connectivity index (χ1v) is 11.0. The number of carbonyl (C=O) groups excluding carboxylic acids is 2. The van der Waals surface area contributed by atoms with Crippen LogP contribution in [0.15, 0.2) is 42.5 Å². The summed E-state index contributed by atoms with van der Waals surface area (Å²) < 4.78 is 19.6. The second-order valence-electron chi connectivity index (χ2n) is 8.51. The fraction of sp³-hybridized carbons (Fsp3) is 0.440. The number of rotatable bonds is 8. The van der Waals surface area contributed by atoms with Crippen LogP contribution < -0.4 is 5.32 Å². The first-order chi connectivity index (χ1) is 14.8. The van der Waals surface area contributed by atoms with E-state index in [9.17, 15) is 14.0 Å². The van der Waals surface area contributed by atoms with E-state index in [1.165, 1.54) is 12.1 Å². The number of nitrogens with one attached hydrogen (secondary N) is 1. The molecule has 0 radical (unpaired) electrons. The van der Waals surface area contributed by atoms with Crippen LogP contribution in [0.5, 0.6) is 0 Å². The molecule has 0 aromatic heterocycles. The molecular formula is C25H32FN2O3+. The number of benzene rings is 2. The van der Waals surface area contributed by atoms with Crippen LogP contribution in [0, 0.1) is 19.7 Å². The smallest absolute Gasteiger partial charge is 0.362 e. The Kier molecular flexibility index (Phi) is 7.44. The lowest BCUT2D eigenvalue weighted by Crippen LogP contribution is -2.60. The van der Waals surface area contributed by atoms with Crippen molar-refractivity contribution in [3.63, 3.8) is 0 Å². The molecule has 3 rings (SSSR count). The normalized spacial score (nSPS) is 16.0. The van der Waals surface area contributed by atoms with Crippen LogP contribution in [0.25, 0.3) is 0 Å². The molecule has 0 aliphatic carbocycles. The number of halogens is 1. The lowest BCUT2D eigenvalue weighted by molar-refractivity contribution is -0.924. The Hall–Kier alpha value is -2.73. The van der Waals surface area contributed by atoms with E-state index in [0.29, 0.717) is 27.7 Å². The second-order valence-corrected chi connectivity index (χ2v) is 8.51. The summed E-state index contributed by atoms with van der Waals surface area (Å²) in [5.74, 6) is -0.728. The van der Waals surface area contributed by atoms with Gasteiger partial charge in [-0.15, -0.1) is 0 Å². The van der Waals surface area contributed by atoms with Gasteiger partial charge in [0.2, 0.25) is 0 Å². The van der Waals surface area contributed by atoms with Crippen molar-refractivity contribution < 1.29 is 23.2 Å². The van der Waals surface area contributed by atoms with Gasteiger partial charge < -0.3 is 14.5 Å². The Morgan fingerprint density at radius 3 is 2.29 bits per heavy atom. The third kappa shape index (κ3) is 5.50. The van der Waals surface area contributed by atoms with E-state index in [4.69, 9.17) is 4.74 Å². The van der Waals surface area contributed by atoms with E-state index < -0.39 is 0 Å². The molecule has 1 atom stereocenters. The highest BCUT2D eigenvalue weighted by Gasteiger charge is 2.45. The molecule has 0 bridgehead atoms. The number of anilines is 1. The molecule has 1 aliphatic heterocycles. The van der Waals surface area contributed by atoms with Gasteiger partial charge >= 0.3 is 5.97 Å². The van der Waals surface area contributed by atoms with Gasteiger partial charge in [-0.2, -0.15) is 0 Å². The van der Waals surface area contributed by atoms with E-state index in [1.54, 1.807) is 13.8 Å². The van der Waals surface area contributed by atoms with Crippen molar-refractivity contribution in [3.05, 3.63) is 65.0 Å². The molecular weight excluding hydrogens is 395 g/mol. The fourth-order valence-corrected chi connectivity index (χ4v) is 4.72. The molecule has 2 aromatic carbocycles. The molecule has 1 heterocycles. The Labute approximate surface area is 183 Å². The van der Waals surface area contributed by atoms with E-state index in [2.05, 4.69) is 5.32 Å². The highest BCUT2D eigenvalue weighted by molar-refractivity contribution is 5.95. The molecule has 1 N–H and O–H groups in total. The zero-order chi connectivity index (χ0) is 22.4. The fourth-order valence-electron chi connectivity index (χ4n) is 4.72. The maximum atomic E-state index is 13.6. The van der Waals surface area contributed by atoms with Gasteiger partial charge in [-0.05, 0) is 42.7 Å². The Bertz CT molecular complexity index is 901. The van der Waals surface area contributed by atoms with Crippen LogP contribution in [0.2, 0.25) is 0 Å². The number of likely N-dealkylation sites (tertiary alicyclic amines) is 1. The zero-order valence-electron chi connectivity index (χ0n) is 18.6. The molecule has 1 amide bonds. The average Bonchev–Trinajstić information content (AvgIpc) is 3.19. The number of hydrogen-bond acceptors (Lipinski definition) is 3. The highest BCUT2D eigenvalue weighted by Crippen LogP contribution is 2.28. The van der Waals surface area contributed by atoms with Crippen molar-refractivity contribution in [2.45, 2.75) is 52.7 Å². The molecule has 1 saturated heterocycles. The minimum atomic E-state index is -0.365. The van der Waals surface area contributed by atoms with Crippen LogP contribution in [-0.2, 0) is 20.9 Å². The summed E-state index contributed by atoms with van der Waals surface area (Å²) in [6, 6.07) is 12.1. The van der Waals surface area contributed by atoms with E-state index in [0.717, 1.165) is 31.5 Å². The van der Waals surface area contributed by atoms with Crippen molar-refractivity contribution in [2.75, 3.05) is 25.0 Å². The number of amides is 1. The maximum Gasteiger partial charge on any atom is 0.362 e. The molecule has 2 aromatic rings. The summed E-state index contributed by atoms with van der Waals surface area (Å²) in [5.41, 5.74) is 2.97. The molecule has 1 fully saturated rings. The van der Waals surface area contributed by atoms with E-state index >= 15 is 0 Å². The quantitative estimate of drug-likeness (QED) is 0.498. The lowest BCUT2D eigenvalue weighted by atomic mass is 10.1. The van der Waals surface area contributed by atoms with Crippen molar-refractivity contribution in [1.29, 1.82) is 0 Å². The summed E-state index contributed by atoms with van der Waals surface area (Å²) in [6.07, 6.45) is 2.56. The van der Waals surface area contributed by atoms with Gasteiger partial charge in [-0.1, -0.05) is 37.3 Å². The van der Waals surface area contributed by atoms with Crippen LogP contribution in [0.4, 0.5) is 10.1 Å². The molecule has 5 nitrogen and oxygen atoms in total. The standard InChI is InChI=1S/C25H31FN2O3/c1-4-22(25(30)27-24-18(2)14-21(26)15-19(24)3)28(12-8-9-13-28)16-23(29)31-17-20-10-6-5-7-11-20/h5-7,10-11,14-15,22H,4,8-9,12-13,16-17H2,1-3H3/p+1. The predicted molar refractivity (Wildman–Crippen MR) is 119 cm³/mol. The van der Waals surface area contributed by atoms with Crippen molar-refractivity contribution >= 4 is 17.6 Å². The molecule has 0 saturated carbocycles. The molecule has 1 unspecified atom stereocenters. The van der Waals surface area contributed by atoms with Crippen molar-refractivity contribution in [3.8, 4) is 0 Å². The van der Waals surface area contributed by atoms with Gasteiger partial charge in [0.25, 0.3) is 5.91 Å². The van der Waals surface area contributed by atoms with Gasteiger partial charge in [-0.25, -0.2) is 9.18 Å². The van der Waals surface area contributed by atoms with Gasteiger partial charge in [-0.3, -0.25) is 4.79 Å². The first-order valence-electron chi connectivity index (χ1n) is 11.0. The maximum absolute atomic E-state index is 13.6. The van der Waals surface area contributed by atoms with Crippen LogP contribution in [0.1, 0.15) is 42.9 Å². The van der Waals surface area contributed by atoms with Crippen molar-refractivity contribution in [2.24, 2.45) is 0 Å². The minimum absolute atomic E-state index is 0.127. The van der Waals surface area contributed by atoms with Crippen LogP contribution >= 0.6 is 0 Å². The summed E-state index contributed by atoms with van der Waals surface area (Å²) in [7, 11) is 0. The van der Waals surface area contributed by atoms with Gasteiger partial charge in [0.1, 0.15) is 12.4 Å². The number of nitrogens with zero attached hydrogens (tertiary/aromatic N) is 1. The molecule has 6 heteroatoms. The number of ether oxygens (including phenoxy) is 1. The Morgan fingerprint density at radius 1 is 1.10 bits per heavy atom. The molecule has 31 heavy (non-hydrogen) atoms. The summed E-state index contributed by atoms with van der Waals surface area (Å²) in [5, 5.41) is 3.02. The highest BCUT2D eigenvalue weighted by atomic mass is 19.1. The Morgan fingerprint density at radius 2 is 1.71 bits per heavy atom. The van der Waals surface area contributed by atoms with Crippen LogP contribution in [0.3, 0.4) is 0 Å². The van der Waals surface area contributed by atoms with Gasteiger partial charge in [0, 0.05) is 24.9 Å². The number of esters is 1. The lowest BCUT2D eigenvalue weighted by Gasteiger charge is -2.39. The predicted octanol–water partition coefficient (Wildman–Crippen LogP) is 4.51. The molecule has 166 valence electrons. The third-order valence-electron chi connectivity index (χ3n) is 6.24. The summed E-state index contributed by atoms with van der Waals surface area (Å²) >= 11 is 0. The van der Waals surface area contributed by atoms with Crippen LogP contribution in [-0.4, -0.2) is 42.0 Å². The number of carbonyl (C=O) groups is 2. The summed E-state index contributed by atoms with van der Waals surface area (Å²) in [6.45, 7) is 7.50. The number of aryl methyl sites for hydroxylation is 2. The SMILES string of the molecule is CCC(C(=O)Nc1c(C)cc(F)cc1C)[N+]1(CC(=O)OCc2ccccc2)CCCC1. The second kappa shape index (κ2) is 10.1. The number of hydrogen-bond donors (Lipinski definition) is 1. The largest absolute Gasteiger partial charge is 0.457 e. The third-order valence-corrected chi connectivity index (χ3v) is 6.24. The molecule has 0 spiro atoms. The minimum Gasteiger partial charge on any atom is -0.457 e. The average molecular weight is 428 g/mol. The Balaban J connectivity index is 1.73. The van der Waals surface area contributed by atoms with E-state index in [1.807, 2.05) is 37.3 Å². The van der Waals surface area contributed by atoms with Gasteiger partial charge in [0.05, 0.1) is 13.1 Å².